The van der Waals surface area contributed by atoms with Crippen molar-refractivity contribution in [3.8, 4) is 5.75 Å². The van der Waals surface area contributed by atoms with E-state index in [1.54, 1.807) is 4.90 Å². The van der Waals surface area contributed by atoms with Crippen molar-refractivity contribution in [1.29, 1.82) is 0 Å². The maximum atomic E-state index is 12.3. The lowest BCUT2D eigenvalue weighted by atomic mass is 9.82. The van der Waals surface area contributed by atoms with Gasteiger partial charge in [0.2, 0.25) is 0 Å². The van der Waals surface area contributed by atoms with Crippen LogP contribution in [0.4, 0.5) is 4.79 Å². The zero-order valence-electron chi connectivity index (χ0n) is 17.9. The first-order valence-corrected chi connectivity index (χ1v) is 11.6. The van der Waals surface area contributed by atoms with Gasteiger partial charge >= 0.3 is 6.09 Å². The molecule has 0 spiro atoms. The summed E-state index contributed by atoms with van der Waals surface area (Å²) in [6.07, 6.45) is 5.99. The number of carbonyl (C=O) groups is 1. The number of carbonyl (C=O) groups excluding carboxylic acids is 1. The zero-order valence-corrected chi connectivity index (χ0v) is 18.6. The second-order valence-corrected chi connectivity index (χ2v) is 9.30. The summed E-state index contributed by atoms with van der Waals surface area (Å²) in [6, 6.07) is 6.06. The molecule has 0 unspecified atom stereocenters. The highest BCUT2D eigenvalue weighted by Crippen LogP contribution is 2.33. The molecule has 1 aromatic carbocycles. The average Bonchev–Trinajstić information content (AvgIpc) is 3.22. The molecule has 1 saturated carbocycles. The minimum Gasteiger partial charge on any atom is -0.490 e. The van der Waals surface area contributed by atoms with Crippen LogP contribution in [-0.2, 0) is 16.0 Å². The second kappa shape index (κ2) is 10.2. The van der Waals surface area contributed by atoms with Crippen LogP contribution in [0.3, 0.4) is 0 Å². The molecule has 30 heavy (non-hydrogen) atoms. The van der Waals surface area contributed by atoms with Crippen molar-refractivity contribution < 1.29 is 19.0 Å². The summed E-state index contributed by atoms with van der Waals surface area (Å²) in [5.74, 6) is 1.29. The second-order valence-electron chi connectivity index (χ2n) is 8.89. The number of hydrogen-bond acceptors (Lipinski definition) is 5. The molecule has 2 saturated heterocycles. The quantitative estimate of drug-likeness (QED) is 0.636. The van der Waals surface area contributed by atoms with Gasteiger partial charge in [-0.25, -0.2) is 4.79 Å². The fourth-order valence-corrected chi connectivity index (χ4v) is 4.74. The molecule has 166 valence electrons. The van der Waals surface area contributed by atoms with Gasteiger partial charge in [-0.1, -0.05) is 17.7 Å². The molecule has 1 aliphatic carbocycles. The third kappa shape index (κ3) is 5.80. The van der Waals surface area contributed by atoms with Gasteiger partial charge in [0, 0.05) is 38.0 Å². The van der Waals surface area contributed by atoms with Crippen LogP contribution < -0.4 is 4.74 Å². The standard InChI is InChI=1S/C23H33ClN2O4/c1-25(23(27)30-19-6-10-28-11-7-19)15-17-12-21(13-17)29-20-5-4-18(22(24)14-20)16-26-8-2-3-9-26/h4-5,14,17,19,21H,2-3,6-13,15-16H2,1H3. The average molecular weight is 437 g/mol. The number of halogens is 1. The third-order valence-corrected chi connectivity index (χ3v) is 6.74. The van der Waals surface area contributed by atoms with Crippen LogP contribution in [0, 0.1) is 5.92 Å². The van der Waals surface area contributed by atoms with Crippen molar-refractivity contribution in [1.82, 2.24) is 9.80 Å². The van der Waals surface area contributed by atoms with Gasteiger partial charge in [0.05, 0.1) is 19.3 Å². The molecule has 2 heterocycles. The maximum absolute atomic E-state index is 12.3. The summed E-state index contributed by atoms with van der Waals surface area (Å²) in [6.45, 7) is 5.29. The van der Waals surface area contributed by atoms with E-state index in [9.17, 15) is 4.79 Å². The maximum Gasteiger partial charge on any atom is 0.409 e. The topological polar surface area (TPSA) is 51.2 Å². The number of likely N-dealkylation sites (tertiary alicyclic amines) is 1. The number of hydrogen-bond donors (Lipinski definition) is 0. The van der Waals surface area contributed by atoms with Crippen molar-refractivity contribution in [2.75, 3.05) is 39.9 Å². The summed E-state index contributed by atoms with van der Waals surface area (Å²) in [4.78, 5) is 16.4. The summed E-state index contributed by atoms with van der Waals surface area (Å²) < 4.78 is 17.0. The molecular weight excluding hydrogens is 404 g/mol. The monoisotopic (exact) mass is 436 g/mol. The number of ether oxygens (including phenoxy) is 3. The summed E-state index contributed by atoms with van der Waals surface area (Å²) >= 11 is 6.49. The Morgan fingerprint density at radius 1 is 1.20 bits per heavy atom. The highest BCUT2D eigenvalue weighted by atomic mass is 35.5. The molecule has 0 aromatic heterocycles. The molecule has 0 N–H and O–H groups in total. The first-order valence-electron chi connectivity index (χ1n) is 11.2. The summed E-state index contributed by atoms with van der Waals surface area (Å²) in [5.41, 5.74) is 1.17. The number of amides is 1. The van der Waals surface area contributed by atoms with Crippen molar-refractivity contribution in [2.24, 2.45) is 5.92 Å². The first kappa shape index (κ1) is 21.7. The summed E-state index contributed by atoms with van der Waals surface area (Å²) in [7, 11) is 1.81. The molecular formula is C23H33ClN2O4. The van der Waals surface area contributed by atoms with Gasteiger partial charge < -0.3 is 19.1 Å². The van der Waals surface area contributed by atoms with Gasteiger partial charge in [0.1, 0.15) is 11.9 Å². The van der Waals surface area contributed by atoms with Crippen LogP contribution in [0.1, 0.15) is 44.1 Å². The van der Waals surface area contributed by atoms with Gasteiger partial charge in [-0.3, -0.25) is 4.90 Å². The van der Waals surface area contributed by atoms with Crippen molar-refractivity contribution in [3.05, 3.63) is 28.8 Å². The Hall–Kier alpha value is -1.50. The molecule has 1 aromatic rings. The Morgan fingerprint density at radius 3 is 2.63 bits per heavy atom. The normalized spacial score (nSPS) is 25.0. The van der Waals surface area contributed by atoms with Gasteiger partial charge in [-0.2, -0.15) is 0 Å². The molecule has 0 radical (unpaired) electrons. The first-order chi connectivity index (χ1) is 14.6. The van der Waals surface area contributed by atoms with E-state index in [0.717, 1.165) is 56.1 Å². The minimum absolute atomic E-state index is 0.00985. The van der Waals surface area contributed by atoms with Crippen LogP contribution in [-0.4, -0.2) is 68.0 Å². The lowest BCUT2D eigenvalue weighted by Crippen LogP contribution is -2.43. The number of nitrogens with zero attached hydrogens (tertiary/aromatic N) is 2. The van der Waals surface area contributed by atoms with Crippen molar-refractivity contribution in [2.45, 2.75) is 57.3 Å². The predicted octanol–water partition coefficient (Wildman–Crippen LogP) is 4.34. The van der Waals surface area contributed by atoms with E-state index < -0.39 is 0 Å². The number of rotatable bonds is 7. The summed E-state index contributed by atoms with van der Waals surface area (Å²) in [5, 5.41) is 0.783. The molecule has 6 nitrogen and oxygen atoms in total. The lowest BCUT2D eigenvalue weighted by Gasteiger charge is -2.37. The minimum atomic E-state index is -0.230. The van der Waals surface area contributed by atoms with E-state index >= 15 is 0 Å². The Labute approximate surface area is 184 Å². The fourth-order valence-electron chi connectivity index (χ4n) is 4.51. The SMILES string of the molecule is CN(CC1CC(Oc2ccc(CN3CCCC3)c(Cl)c2)C1)C(=O)OC1CCOCC1. The molecule has 3 aliphatic rings. The number of benzene rings is 1. The highest BCUT2D eigenvalue weighted by molar-refractivity contribution is 6.31. The highest BCUT2D eigenvalue weighted by Gasteiger charge is 2.33. The van der Waals surface area contributed by atoms with Gasteiger partial charge in [0.25, 0.3) is 0 Å². The van der Waals surface area contributed by atoms with Crippen LogP contribution in [0.5, 0.6) is 5.75 Å². The van der Waals surface area contributed by atoms with Crippen LogP contribution in [0.25, 0.3) is 0 Å². The van der Waals surface area contributed by atoms with E-state index in [0.29, 0.717) is 25.7 Å². The molecule has 0 atom stereocenters. The van der Waals surface area contributed by atoms with E-state index in [1.807, 2.05) is 19.2 Å². The van der Waals surface area contributed by atoms with Crippen molar-refractivity contribution in [3.63, 3.8) is 0 Å². The molecule has 7 heteroatoms. The van der Waals surface area contributed by atoms with Gasteiger partial charge in [-0.05, 0) is 62.4 Å². The van der Waals surface area contributed by atoms with Gasteiger partial charge in [-0.15, -0.1) is 0 Å². The fraction of sp³-hybridized carbons (Fsp3) is 0.696. The Morgan fingerprint density at radius 2 is 1.93 bits per heavy atom. The van der Waals surface area contributed by atoms with Crippen LogP contribution in [0.15, 0.2) is 18.2 Å². The molecule has 4 rings (SSSR count). The van der Waals surface area contributed by atoms with Crippen LogP contribution in [0.2, 0.25) is 5.02 Å². The van der Waals surface area contributed by atoms with E-state index in [-0.39, 0.29) is 18.3 Å². The Bertz CT molecular complexity index is 713. The smallest absolute Gasteiger partial charge is 0.409 e. The molecule has 0 bridgehead atoms. The lowest BCUT2D eigenvalue weighted by molar-refractivity contribution is -0.0136. The van der Waals surface area contributed by atoms with Crippen LogP contribution >= 0.6 is 11.6 Å². The molecule has 3 fully saturated rings. The van der Waals surface area contributed by atoms with Gasteiger partial charge in [0.15, 0.2) is 0 Å². The third-order valence-electron chi connectivity index (χ3n) is 6.39. The van der Waals surface area contributed by atoms with E-state index in [1.165, 1.54) is 18.4 Å². The molecule has 2 aliphatic heterocycles. The Balaban J connectivity index is 1.17. The largest absolute Gasteiger partial charge is 0.490 e. The Kier molecular flexibility index (Phi) is 7.39. The van der Waals surface area contributed by atoms with E-state index in [4.69, 9.17) is 25.8 Å². The zero-order chi connectivity index (χ0) is 20.9. The van der Waals surface area contributed by atoms with Crippen molar-refractivity contribution >= 4 is 17.7 Å². The predicted molar refractivity (Wildman–Crippen MR) is 116 cm³/mol. The molecule has 1 amide bonds. The van der Waals surface area contributed by atoms with E-state index in [2.05, 4.69) is 11.0 Å².